The fourth-order valence-electron chi connectivity index (χ4n) is 2.96. The number of rotatable bonds is 4. The number of fused-ring (bicyclic) bond motifs is 1. The van der Waals surface area contributed by atoms with E-state index < -0.39 is 15.9 Å². The summed E-state index contributed by atoms with van der Waals surface area (Å²) in [5.74, 6) is -0.443. The Balaban J connectivity index is 1.86. The van der Waals surface area contributed by atoms with Crippen LogP contribution in [0.1, 0.15) is 39.2 Å². The smallest absolute Gasteiger partial charge is 0.253 e. The predicted octanol–water partition coefficient (Wildman–Crippen LogP) is 5.69. The number of carbonyl (C=O) groups excluding carboxylic acids is 1. The van der Waals surface area contributed by atoms with Gasteiger partial charge in [0.05, 0.1) is 5.56 Å². The Hall–Kier alpha value is -1.16. The summed E-state index contributed by atoms with van der Waals surface area (Å²) in [6.07, 6.45) is 2.92. The molecule has 0 unspecified atom stereocenters. The van der Waals surface area contributed by atoms with Crippen molar-refractivity contribution in [3.8, 4) is 6.07 Å². The van der Waals surface area contributed by atoms with E-state index >= 15 is 0 Å². The van der Waals surface area contributed by atoms with E-state index in [9.17, 15) is 10.1 Å². The number of aryl methyl sites for hydroxylation is 1. The molecule has 142 valence electrons. The normalized spacial score (nSPS) is 14.8. The topological polar surface area (TPSA) is 64.9 Å². The van der Waals surface area contributed by atoms with Gasteiger partial charge >= 0.3 is 0 Å². The molecule has 0 radical (unpaired) electrons. The highest BCUT2D eigenvalue weighted by Gasteiger charge is 2.36. The molecule has 0 bridgehead atoms. The number of anilines is 1. The summed E-state index contributed by atoms with van der Waals surface area (Å²) in [4.78, 5) is 13.7. The van der Waals surface area contributed by atoms with Crippen LogP contribution in [0.5, 0.6) is 0 Å². The number of nitriles is 1. The number of alkyl halides is 3. The maximum Gasteiger partial charge on any atom is 0.253 e. The largest absolute Gasteiger partial charge is 0.352 e. The van der Waals surface area contributed by atoms with Crippen LogP contribution in [0.2, 0.25) is 5.02 Å². The predicted molar refractivity (Wildman–Crippen MR) is 112 cm³/mol. The van der Waals surface area contributed by atoms with Crippen LogP contribution in [0.3, 0.4) is 0 Å². The van der Waals surface area contributed by atoms with Gasteiger partial charge < -0.3 is 10.6 Å². The molecule has 4 nitrogen and oxygen atoms in total. The van der Waals surface area contributed by atoms with Gasteiger partial charge in [-0.3, -0.25) is 4.79 Å². The molecular weight excluding hydrogens is 448 g/mol. The minimum atomic E-state index is -1.83. The summed E-state index contributed by atoms with van der Waals surface area (Å²) in [7, 11) is 0. The van der Waals surface area contributed by atoms with E-state index in [-0.39, 0.29) is 0 Å². The van der Waals surface area contributed by atoms with Gasteiger partial charge in [0.1, 0.15) is 17.2 Å². The highest BCUT2D eigenvalue weighted by molar-refractivity contribution is 7.16. The van der Waals surface area contributed by atoms with Crippen molar-refractivity contribution in [1.82, 2.24) is 5.32 Å². The molecule has 0 spiro atoms. The summed E-state index contributed by atoms with van der Waals surface area (Å²) < 4.78 is -1.83. The summed E-state index contributed by atoms with van der Waals surface area (Å²) in [6, 6.07) is 8.71. The molecular formula is C18H15Cl4N3OS. The van der Waals surface area contributed by atoms with Crippen molar-refractivity contribution < 1.29 is 4.79 Å². The van der Waals surface area contributed by atoms with Gasteiger partial charge in [0.25, 0.3) is 5.91 Å². The fourth-order valence-corrected chi connectivity index (χ4v) is 4.75. The van der Waals surface area contributed by atoms with Crippen LogP contribution in [0, 0.1) is 11.3 Å². The second-order valence-electron chi connectivity index (χ2n) is 6.13. The molecule has 1 aromatic carbocycles. The van der Waals surface area contributed by atoms with Gasteiger partial charge in [-0.1, -0.05) is 52.5 Å². The Morgan fingerprint density at radius 3 is 2.67 bits per heavy atom. The number of nitrogens with zero attached hydrogens (tertiary/aromatic N) is 1. The molecule has 1 aromatic heterocycles. The van der Waals surface area contributed by atoms with Gasteiger partial charge in [0.15, 0.2) is 0 Å². The van der Waals surface area contributed by atoms with E-state index in [4.69, 9.17) is 46.4 Å². The van der Waals surface area contributed by atoms with Crippen LogP contribution in [-0.4, -0.2) is 15.9 Å². The van der Waals surface area contributed by atoms with E-state index in [2.05, 4.69) is 16.7 Å². The first-order chi connectivity index (χ1) is 12.8. The Morgan fingerprint density at radius 1 is 1.26 bits per heavy atom. The second kappa shape index (κ2) is 8.46. The molecule has 2 aromatic rings. The molecule has 1 aliphatic rings. The maximum atomic E-state index is 12.5. The molecule has 0 aliphatic heterocycles. The van der Waals surface area contributed by atoms with E-state index in [1.165, 1.54) is 22.3 Å². The third-order valence-electron chi connectivity index (χ3n) is 4.25. The Bertz CT molecular complexity index is 901. The molecule has 0 fully saturated rings. The van der Waals surface area contributed by atoms with Crippen LogP contribution < -0.4 is 10.6 Å². The van der Waals surface area contributed by atoms with E-state index in [1.54, 1.807) is 18.2 Å². The van der Waals surface area contributed by atoms with Crippen LogP contribution >= 0.6 is 57.7 Å². The number of hydrogen-bond acceptors (Lipinski definition) is 4. The number of thiophene rings is 1. The molecule has 9 heteroatoms. The van der Waals surface area contributed by atoms with Crippen molar-refractivity contribution in [3.05, 3.63) is 50.9 Å². The zero-order valence-corrected chi connectivity index (χ0v) is 17.8. The SMILES string of the molecule is N#Cc1c(N[C@@H](NC(=O)c2cccc(Cl)c2)C(Cl)(Cl)Cl)sc2c1CCCC2. The first-order valence-corrected chi connectivity index (χ1v) is 10.6. The zero-order valence-electron chi connectivity index (χ0n) is 14.0. The van der Waals surface area contributed by atoms with Crippen LogP contribution in [0.25, 0.3) is 0 Å². The third-order valence-corrected chi connectivity index (χ3v) is 6.36. The summed E-state index contributed by atoms with van der Waals surface area (Å²) >= 11 is 25.7. The first kappa shape index (κ1) is 20.6. The third kappa shape index (κ3) is 4.82. The lowest BCUT2D eigenvalue weighted by Crippen LogP contribution is -2.49. The number of amides is 1. The Kier molecular flexibility index (Phi) is 6.45. The fraction of sp³-hybridized carbons (Fsp3) is 0.333. The van der Waals surface area contributed by atoms with Crippen LogP contribution in [0.4, 0.5) is 5.00 Å². The molecule has 1 atom stereocenters. The minimum absolute atomic E-state index is 0.342. The Morgan fingerprint density at radius 2 is 2.00 bits per heavy atom. The number of nitrogens with one attached hydrogen (secondary N) is 2. The number of benzene rings is 1. The number of hydrogen-bond donors (Lipinski definition) is 2. The lowest BCUT2D eigenvalue weighted by Gasteiger charge is -2.27. The Labute approximate surface area is 181 Å². The second-order valence-corrected chi connectivity index (χ2v) is 10.0. The van der Waals surface area contributed by atoms with Crippen LogP contribution in [0.15, 0.2) is 24.3 Å². The molecule has 2 N–H and O–H groups in total. The van der Waals surface area contributed by atoms with Crippen molar-refractivity contribution in [3.63, 3.8) is 0 Å². The highest BCUT2D eigenvalue weighted by Crippen LogP contribution is 2.40. The van der Waals surface area contributed by atoms with Crippen molar-refractivity contribution in [2.45, 2.75) is 35.6 Å². The monoisotopic (exact) mass is 461 g/mol. The van der Waals surface area contributed by atoms with Crippen molar-refractivity contribution in [2.75, 3.05) is 5.32 Å². The minimum Gasteiger partial charge on any atom is -0.352 e. The van der Waals surface area contributed by atoms with E-state index in [0.717, 1.165) is 31.2 Å². The molecule has 27 heavy (non-hydrogen) atoms. The van der Waals surface area contributed by atoms with Gasteiger partial charge in [-0.15, -0.1) is 11.3 Å². The summed E-state index contributed by atoms with van der Waals surface area (Å²) in [5.41, 5.74) is 1.96. The van der Waals surface area contributed by atoms with Gasteiger partial charge in [0.2, 0.25) is 3.79 Å². The van der Waals surface area contributed by atoms with E-state index in [1.807, 2.05) is 0 Å². The lowest BCUT2D eigenvalue weighted by atomic mass is 9.96. The molecule has 1 amide bonds. The standard InChI is InChI=1S/C18H15Cl4N3OS/c19-11-5-3-4-10(8-11)15(26)24-17(18(20,21)22)25-16-13(9-23)12-6-1-2-7-14(12)27-16/h3-5,8,17,25H,1-2,6-7H2,(H,24,26)/t17-/m1/s1. The molecule has 0 saturated heterocycles. The van der Waals surface area contributed by atoms with Gasteiger partial charge in [-0.25, -0.2) is 0 Å². The quantitative estimate of drug-likeness (QED) is 0.453. The van der Waals surface area contributed by atoms with Crippen molar-refractivity contribution in [2.24, 2.45) is 0 Å². The molecule has 1 aliphatic carbocycles. The maximum absolute atomic E-state index is 12.5. The average molecular weight is 463 g/mol. The van der Waals surface area contributed by atoms with Gasteiger partial charge in [-0.2, -0.15) is 5.26 Å². The van der Waals surface area contributed by atoms with Gasteiger partial charge in [-0.05, 0) is 49.4 Å². The summed E-state index contributed by atoms with van der Waals surface area (Å²) in [6.45, 7) is 0. The first-order valence-electron chi connectivity index (χ1n) is 8.24. The summed E-state index contributed by atoms with van der Waals surface area (Å²) in [5, 5.41) is 16.3. The van der Waals surface area contributed by atoms with Crippen molar-refractivity contribution >= 4 is 68.6 Å². The lowest BCUT2D eigenvalue weighted by molar-refractivity contribution is 0.0942. The van der Waals surface area contributed by atoms with Gasteiger partial charge in [0, 0.05) is 15.5 Å². The van der Waals surface area contributed by atoms with Crippen molar-refractivity contribution in [1.29, 1.82) is 5.26 Å². The highest BCUT2D eigenvalue weighted by atomic mass is 35.6. The van der Waals surface area contributed by atoms with Crippen LogP contribution in [-0.2, 0) is 12.8 Å². The molecule has 0 saturated carbocycles. The molecule has 3 rings (SSSR count). The molecule has 1 heterocycles. The van der Waals surface area contributed by atoms with E-state index in [0.29, 0.717) is 21.2 Å². The average Bonchev–Trinajstić information content (AvgIpc) is 2.97. The zero-order chi connectivity index (χ0) is 19.6. The number of halogens is 4. The number of carbonyl (C=O) groups is 1.